The molecule has 0 aliphatic carbocycles. The van der Waals surface area contributed by atoms with E-state index in [-0.39, 0.29) is 0 Å². The molecule has 1 aliphatic heterocycles. The minimum absolute atomic E-state index is 0.601. The standard InChI is InChI=1S/C19H19Cl2N3S/c1-12-3-4-13(2)18-17(12)22-19(25-18)24-9-7-23(8-10-24)14-5-6-15(20)16(21)11-14/h3-6,11H,7-10H2,1-2H3. The van der Waals surface area contributed by atoms with E-state index in [2.05, 4.69) is 35.8 Å². The van der Waals surface area contributed by atoms with Crippen molar-refractivity contribution >= 4 is 55.6 Å². The Kier molecular flexibility index (Phi) is 4.52. The average Bonchev–Trinajstić information content (AvgIpc) is 3.08. The SMILES string of the molecule is Cc1ccc(C)c2sc(N3CCN(c4ccc(Cl)c(Cl)c4)CC3)nc12. The third kappa shape index (κ3) is 3.19. The highest BCUT2D eigenvalue weighted by atomic mass is 35.5. The van der Waals surface area contributed by atoms with Crippen molar-refractivity contribution < 1.29 is 0 Å². The number of anilines is 2. The minimum atomic E-state index is 0.601. The lowest BCUT2D eigenvalue weighted by molar-refractivity contribution is 0.652. The number of nitrogens with zero attached hydrogens (tertiary/aromatic N) is 3. The van der Waals surface area contributed by atoms with Crippen molar-refractivity contribution in [3.05, 3.63) is 51.5 Å². The average molecular weight is 392 g/mol. The number of rotatable bonds is 2. The first-order valence-electron chi connectivity index (χ1n) is 8.34. The van der Waals surface area contributed by atoms with Crippen molar-refractivity contribution in [2.24, 2.45) is 0 Å². The van der Waals surface area contributed by atoms with Crippen LogP contribution in [0.1, 0.15) is 11.1 Å². The van der Waals surface area contributed by atoms with Crippen LogP contribution in [0.3, 0.4) is 0 Å². The molecule has 3 nitrogen and oxygen atoms in total. The zero-order valence-corrected chi connectivity index (χ0v) is 16.5. The molecule has 2 heterocycles. The summed E-state index contributed by atoms with van der Waals surface area (Å²) in [5.41, 5.74) is 4.83. The third-order valence-electron chi connectivity index (χ3n) is 4.75. The second-order valence-corrected chi connectivity index (χ2v) is 8.24. The van der Waals surface area contributed by atoms with Crippen molar-refractivity contribution in [1.82, 2.24) is 4.98 Å². The number of hydrogen-bond acceptors (Lipinski definition) is 4. The highest BCUT2D eigenvalue weighted by molar-refractivity contribution is 7.22. The van der Waals surface area contributed by atoms with Gasteiger partial charge >= 0.3 is 0 Å². The smallest absolute Gasteiger partial charge is 0.186 e. The second kappa shape index (κ2) is 6.67. The van der Waals surface area contributed by atoms with E-state index in [9.17, 15) is 0 Å². The Morgan fingerprint density at radius 1 is 0.880 bits per heavy atom. The summed E-state index contributed by atoms with van der Waals surface area (Å²) in [6.45, 7) is 8.10. The van der Waals surface area contributed by atoms with Gasteiger partial charge in [0.15, 0.2) is 5.13 Å². The fourth-order valence-corrected chi connectivity index (χ4v) is 4.68. The molecule has 3 aromatic rings. The molecular weight excluding hydrogens is 373 g/mol. The molecule has 6 heteroatoms. The molecule has 0 radical (unpaired) electrons. The summed E-state index contributed by atoms with van der Waals surface area (Å²) in [5, 5.41) is 2.34. The molecule has 0 atom stereocenters. The quantitative estimate of drug-likeness (QED) is 0.570. The van der Waals surface area contributed by atoms with Gasteiger partial charge in [-0.1, -0.05) is 46.7 Å². The Morgan fingerprint density at radius 3 is 2.24 bits per heavy atom. The lowest BCUT2D eigenvalue weighted by Gasteiger charge is -2.36. The van der Waals surface area contributed by atoms with E-state index in [0.717, 1.165) is 42.5 Å². The van der Waals surface area contributed by atoms with Crippen molar-refractivity contribution in [1.29, 1.82) is 0 Å². The molecule has 0 unspecified atom stereocenters. The number of aromatic nitrogens is 1. The molecule has 4 rings (SSSR count). The molecule has 2 aromatic carbocycles. The van der Waals surface area contributed by atoms with E-state index in [1.165, 1.54) is 15.8 Å². The summed E-state index contributed by atoms with van der Waals surface area (Å²) in [6, 6.07) is 10.2. The zero-order chi connectivity index (χ0) is 17.6. The largest absolute Gasteiger partial charge is 0.368 e. The molecule has 0 saturated carbocycles. The topological polar surface area (TPSA) is 19.4 Å². The van der Waals surface area contributed by atoms with E-state index in [0.29, 0.717) is 10.0 Å². The Labute approximate surface area is 161 Å². The molecule has 130 valence electrons. The number of halogens is 2. The highest BCUT2D eigenvalue weighted by Gasteiger charge is 2.21. The molecule has 1 aliphatic rings. The van der Waals surface area contributed by atoms with Gasteiger partial charge in [0.05, 0.1) is 20.3 Å². The monoisotopic (exact) mass is 391 g/mol. The first-order chi connectivity index (χ1) is 12.0. The molecule has 0 bridgehead atoms. The van der Waals surface area contributed by atoms with Crippen molar-refractivity contribution in [2.45, 2.75) is 13.8 Å². The number of aryl methyl sites for hydroxylation is 2. The lowest BCUT2D eigenvalue weighted by Crippen LogP contribution is -2.46. The first-order valence-corrected chi connectivity index (χ1v) is 9.92. The van der Waals surface area contributed by atoms with Gasteiger partial charge in [0.2, 0.25) is 0 Å². The van der Waals surface area contributed by atoms with Crippen LogP contribution in [0.5, 0.6) is 0 Å². The van der Waals surface area contributed by atoms with E-state index in [1.807, 2.05) is 18.2 Å². The van der Waals surface area contributed by atoms with Crippen LogP contribution >= 0.6 is 34.5 Å². The van der Waals surface area contributed by atoms with Crippen molar-refractivity contribution in [3.8, 4) is 0 Å². The van der Waals surface area contributed by atoms with Gasteiger partial charge in [-0.2, -0.15) is 0 Å². The fraction of sp³-hybridized carbons (Fsp3) is 0.316. The van der Waals surface area contributed by atoms with E-state index < -0.39 is 0 Å². The number of thiazole rings is 1. The number of piperazine rings is 1. The molecule has 0 amide bonds. The van der Waals surface area contributed by atoms with Crippen LogP contribution in [0.2, 0.25) is 10.0 Å². The molecule has 1 fully saturated rings. The Morgan fingerprint density at radius 2 is 1.56 bits per heavy atom. The summed E-state index contributed by atoms with van der Waals surface area (Å²) < 4.78 is 1.31. The van der Waals surface area contributed by atoms with Gasteiger partial charge < -0.3 is 9.80 Å². The van der Waals surface area contributed by atoms with Crippen LogP contribution in [0.4, 0.5) is 10.8 Å². The zero-order valence-electron chi connectivity index (χ0n) is 14.2. The Hall–Kier alpha value is -1.49. The van der Waals surface area contributed by atoms with Gasteiger partial charge in [0, 0.05) is 31.9 Å². The van der Waals surface area contributed by atoms with Crippen LogP contribution in [-0.2, 0) is 0 Å². The van der Waals surface area contributed by atoms with Gasteiger partial charge in [-0.25, -0.2) is 4.98 Å². The highest BCUT2D eigenvalue weighted by Crippen LogP contribution is 2.34. The summed E-state index contributed by atoms with van der Waals surface area (Å²) >= 11 is 14.0. The molecule has 25 heavy (non-hydrogen) atoms. The molecule has 0 N–H and O–H groups in total. The first kappa shape index (κ1) is 17.0. The van der Waals surface area contributed by atoms with E-state index in [1.54, 1.807) is 11.3 Å². The summed E-state index contributed by atoms with van der Waals surface area (Å²) in [4.78, 5) is 9.64. The molecule has 1 aromatic heterocycles. The molecule has 1 saturated heterocycles. The maximum absolute atomic E-state index is 6.16. The molecular formula is C19H19Cl2N3S. The van der Waals surface area contributed by atoms with Crippen LogP contribution in [-0.4, -0.2) is 31.2 Å². The molecule has 0 spiro atoms. The number of fused-ring (bicyclic) bond motifs is 1. The van der Waals surface area contributed by atoms with Crippen LogP contribution < -0.4 is 9.80 Å². The predicted molar refractivity (Wildman–Crippen MR) is 110 cm³/mol. The minimum Gasteiger partial charge on any atom is -0.368 e. The van der Waals surface area contributed by atoms with Gasteiger partial charge in [0.25, 0.3) is 0 Å². The maximum atomic E-state index is 6.16. The van der Waals surface area contributed by atoms with Gasteiger partial charge in [-0.15, -0.1) is 0 Å². The lowest BCUT2D eigenvalue weighted by atomic mass is 10.1. The van der Waals surface area contributed by atoms with E-state index in [4.69, 9.17) is 28.2 Å². The predicted octanol–water partition coefficient (Wildman–Crippen LogP) is 5.55. The van der Waals surface area contributed by atoms with Gasteiger partial charge in [0.1, 0.15) is 0 Å². The summed E-state index contributed by atoms with van der Waals surface area (Å²) in [5.74, 6) is 0. The Balaban J connectivity index is 1.53. The van der Waals surface area contributed by atoms with Crippen molar-refractivity contribution in [3.63, 3.8) is 0 Å². The second-order valence-electron chi connectivity index (χ2n) is 6.45. The van der Waals surface area contributed by atoms with Gasteiger partial charge in [-0.3, -0.25) is 0 Å². The van der Waals surface area contributed by atoms with Gasteiger partial charge in [-0.05, 0) is 43.2 Å². The summed E-state index contributed by atoms with van der Waals surface area (Å²) in [6.07, 6.45) is 0. The van der Waals surface area contributed by atoms with E-state index >= 15 is 0 Å². The normalized spacial score (nSPS) is 15.2. The van der Waals surface area contributed by atoms with Crippen molar-refractivity contribution in [2.75, 3.05) is 36.0 Å². The number of hydrogen-bond donors (Lipinski definition) is 0. The van der Waals surface area contributed by atoms with Crippen LogP contribution in [0.25, 0.3) is 10.2 Å². The van der Waals surface area contributed by atoms with Crippen LogP contribution in [0.15, 0.2) is 30.3 Å². The number of benzene rings is 2. The van der Waals surface area contributed by atoms with Crippen LogP contribution in [0, 0.1) is 13.8 Å². The third-order valence-corrected chi connectivity index (χ3v) is 6.74. The Bertz CT molecular complexity index is 891. The summed E-state index contributed by atoms with van der Waals surface area (Å²) in [7, 11) is 0. The maximum Gasteiger partial charge on any atom is 0.186 e. The fourth-order valence-electron chi connectivity index (χ4n) is 3.22.